The molecule has 5 N–H and O–H groups in total. The molecule has 0 spiro atoms. The second-order valence-corrected chi connectivity index (χ2v) is 10.9. The molecule has 0 saturated carbocycles. The van der Waals surface area contributed by atoms with Gasteiger partial charge >= 0.3 is 0 Å². The molecule has 0 fully saturated rings. The van der Waals surface area contributed by atoms with E-state index >= 15 is 0 Å². The third-order valence-corrected chi connectivity index (χ3v) is 7.95. The lowest BCUT2D eigenvalue weighted by molar-refractivity contribution is 0.0935. The van der Waals surface area contributed by atoms with Crippen LogP contribution in [0.5, 0.6) is 28.7 Å². The standard InChI is InChI=1S/C37H40N2O9/c1-44-32-16-23(15-26(20-40)29(32)22-42)9-10-24-17-33(45-2)35(34(18-24)46-3)48-14-6-13-47-31-12-11-25(19-27(31)21-41)36-38-30-8-5-4-7-28(30)37(43)39-36/h4-5,7-12,15-19,36,38,40-42H,6,13-14,20-22H2,1-3H3,(H,39,43)/b10-9-. The average molecular weight is 657 g/mol. The van der Waals surface area contributed by atoms with Crippen LogP contribution in [0.15, 0.2) is 66.7 Å². The summed E-state index contributed by atoms with van der Waals surface area (Å²) < 4.78 is 28.7. The summed E-state index contributed by atoms with van der Waals surface area (Å²) in [5.74, 6) is 2.31. The van der Waals surface area contributed by atoms with Gasteiger partial charge in [0.15, 0.2) is 11.5 Å². The van der Waals surface area contributed by atoms with Gasteiger partial charge in [-0.3, -0.25) is 4.79 Å². The molecule has 252 valence electrons. The summed E-state index contributed by atoms with van der Waals surface area (Å²) in [5, 5.41) is 35.7. The maximum absolute atomic E-state index is 12.6. The zero-order valence-electron chi connectivity index (χ0n) is 27.1. The van der Waals surface area contributed by atoms with Gasteiger partial charge in [0.05, 0.1) is 59.9 Å². The lowest BCUT2D eigenvalue weighted by Crippen LogP contribution is -2.38. The van der Waals surface area contributed by atoms with Gasteiger partial charge in [-0.2, -0.15) is 0 Å². The Morgan fingerprint density at radius 1 is 0.688 bits per heavy atom. The molecule has 0 aromatic heterocycles. The number of hydrogen-bond acceptors (Lipinski definition) is 10. The minimum Gasteiger partial charge on any atom is -0.496 e. The van der Waals surface area contributed by atoms with Gasteiger partial charge in [-0.1, -0.05) is 30.4 Å². The van der Waals surface area contributed by atoms with Crippen LogP contribution in [0.25, 0.3) is 12.2 Å². The first-order chi connectivity index (χ1) is 23.4. The van der Waals surface area contributed by atoms with Gasteiger partial charge in [0.2, 0.25) is 5.75 Å². The number of fused-ring (bicyclic) bond motifs is 1. The van der Waals surface area contributed by atoms with E-state index in [-0.39, 0.29) is 25.7 Å². The van der Waals surface area contributed by atoms with Crippen LogP contribution >= 0.6 is 0 Å². The normalized spacial score (nSPS) is 13.8. The summed E-state index contributed by atoms with van der Waals surface area (Å²) in [6.45, 7) is -0.0460. The quantitative estimate of drug-likeness (QED) is 0.0869. The summed E-state index contributed by atoms with van der Waals surface area (Å²) >= 11 is 0. The van der Waals surface area contributed by atoms with E-state index in [9.17, 15) is 20.1 Å². The number of carbonyl (C=O) groups is 1. The summed E-state index contributed by atoms with van der Waals surface area (Å²) in [4.78, 5) is 12.6. The number of anilines is 1. The Morgan fingerprint density at radius 2 is 1.33 bits per heavy atom. The van der Waals surface area contributed by atoms with Crippen LogP contribution in [-0.4, -0.2) is 55.8 Å². The number of rotatable bonds is 15. The van der Waals surface area contributed by atoms with Gasteiger partial charge in [-0.05, 0) is 70.8 Å². The summed E-state index contributed by atoms with van der Waals surface area (Å²) in [6.07, 6.45) is 3.84. The van der Waals surface area contributed by atoms with Gasteiger partial charge in [0.25, 0.3) is 5.91 Å². The number of hydrogen-bond donors (Lipinski definition) is 5. The highest BCUT2D eigenvalue weighted by Gasteiger charge is 2.25. The Balaban J connectivity index is 1.20. The van der Waals surface area contributed by atoms with Crippen molar-refractivity contribution in [3.63, 3.8) is 0 Å². The minimum atomic E-state index is -0.437. The highest BCUT2D eigenvalue weighted by Crippen LogP contribution is 2.39. The fourth-order valence-electron chi connectivity index (χ4n) is 5.49. The summed E-state index contributed by atoms with van der Waals surface area (Å²) in [7, 11) is 4.62. The monoisotopic (exact) mass is 656 g/mol. The molecular formula is C37H40N2O9. The Hall–Kier alpha value is -5.23. The van der Waals surface area contributed by atoms with Gasteiger partial charge < -0.3 is 49.6 Å². The van der Waals surface area contributed by atoms with Crippen LogP contribution in [0.4, 0.5) is 5.69 Å². The first-order valence-corrected chi connectivity index (χ1v) is 15.4. The molecule has 1 aliphatic rings. The SMILES string of the molecule is COc1cc(/C=C\c2cc(OC)c(OCCCOc3ccc(C4NC(=O)c5ccccc5N4)cc3CO)c(OC)c2)cc(CO)c1CO. The molecule has 0 radical (unpaired) electrons. The second-order valence-electron chi connectivity index (χ2n) is 10.9. The zero-order valence-corrected chi connectivity index (χ0v) is 27.1. The van der Waals surface area contributed by atoms with Crippen molar-refractivity contribution in [1.29, 1.82) is 0 Å². The molecule has 4 aromatic carbocycles. The smallest absolute Gasteiger partial charge is 0.255 e. The Morgan fingerprint density at radius 3 is 2.00 bits per heavy atom. The maximum atomic E-state index is 12.6. The molecule has 1 atom stereocenters. The Labute approximate surface area is 279 Å². The van der Waals surface area contributed by atoms with E-state index in [0.717, 1.165) is 22.4 Å². The average Bonchev–Trinajstić information content (AvgIpc) is 3.13. The first kappa shape index (κ1) is 34.1. The van der Waals surface area contributed by atoms with E-state index in [0.29, 0.717) is 70.6 Å². The van der Waals surface area contributed by atoms with Crippen molar-refractivity contribution < 1.29 is 43.8 Å². The third kappa shape index (κ3) is 7.66. The minimum absolute atomic E-state index is 0.164. The van der Waals surface area contributed by atoms with E-state index in [1.807, 2.05) is 54.6 Å². The van der Waals surface area contributed by atoms with E-state index in [1.165, 1.54) is 7.11 Å². The summed E-state index contributed by atoms with van der Waals surface area (Å²) in [5.41, 5.74) is 5.45. The molecule has 1 aliphatic heterocycles. The molecule has 1 heterocycles. The number of aliphatic hydroxyl groups excluding tert-OH is 3. The fourth-order valence-corrected chi connectivity index (χ4v) is 5.49. The van der Waals surface area contributed by atoms with Gasteiger partial charge in [0, 0.05) is 23.2 Å². The van der Waals surface area contributed by atoms with Crippen molar-refractivity contribution in [1.82, 2.24) is 5.32 Å². The molecule has 11 heteroatoms. The topological polar surface area (TPSA) is 148 Å². The number of nitrogens with one attached hydrogen (secondary N) is 2. The predicted molar refractivity (Wildman–Crippen MR) is 182 cm³/mol. The highest BCUT2D eigenvalue weighted by atomic mass is 16.5. The lowest BCUT2D eigenvalue weighted by atomic mass is 10.0. The third-order valence-electron chi connectivity index (χ3n) is 7.95. The van der Waals surface area contributed by atoms with E-state index in [4.69, 9.17) is 23.7 Å². The van der Waals surface area contributed by atoms with Crippen molar-refractivity contribution in [2.45, 2.75) is 32.4 Å². The predicted octanol–water partition coefficient (Wildman–Crippen LogP) is 5.06. The number of benzene rings is 4. The maximum Gasteiger partial charge on any atom is 0.255 e. The molecule has 1 unspecified atom stereocenters. The van der Waals surface area contributed by atoms with Crippen LogP contribution in [0.2, 0.25) is 0 Å². The van der Waals surface area contributed by atoms with Crippen molar-refractivity contribution >= 4 is 23.7 Å². The van der Waals surface area contributed by atoms with Crippen LogP contribution < -0.4 is 34.3 Å². The number of ether oxygens (including phenoxy) is 5. The van der Waals surface area contributed by atoms with Gasteiger partial charge in [-0.15, -0.1) is 0 Å². The van der Waals surface area contributed by atoms with Crippen LogP contribution in [0.3, 0.4) is 0 Å². The van der Waals surface area contributed by atoms with Crippen LogP contribution in [-0.2, 0) is 19.8 Å². The highest BCUT2D eigenvalue weighted by molar-refractivity contribution is 6.01. The molecule has 48 heavy (non-hydrogen) atoms. The second kappa shape index (κ2) is 16.1. The van der Waals surface area contributed by atoms with E-state index < -0.39 is 6.17 Å². The molecule has 0 aliphatic carbocycles. The van der Waals surface area contributed by atoms with Gasteiger partial charge in [-0.25, -0.2) is 0 Å². The number of methoxy groups -OCH3 is 3. The first-order valence-electron chi connectivity index (χ1n) is 15.4. The van der Waals surface area contributed by atoms with Crippen molar-refractivity contribution in [2.75, 3.05) is 39.9 Å². The Bertz CT molecular complexity index is 1720. The zero-order chi connectivity index (χ0) is 34.0. The molecule has 11 nitrogen and oxygen atoms in total. The number of para-hydroxylation sites is 1. The van der Waals surface area contributed by atoms with Crippen molar-refractivity contribution in [3.05, 3.63) is 106 Å². The van der Waals surface area contributed by atoms with Gasteiger partial charge in [0.1, 0.15) is 17.7 Å². The largest absolute Gasteiger partial charge is 0.496 e. The van der Waals surface area contributed by atoms with Crippen LogP contribution in [0, 0.1) is 0 Å². The number of aliphatic hydroxyl groups is 3. The molecular weight excluding hydrogens is 616 g/mol. The fraction of sp³-hybridized carbons (Fsp3) is 0.270. The number of carbonyl (C=O) groups excluding carboxylic acids is 1. The molecule has 5 rings (SSSR count). The Kier molecular flexibility index (Phi) is 11.4. The molecule has 4 aromatic rings. The van der Waals surface area contributed by atoms with Crippen molar-refractivity contribution in [3.8, 4) is 28.7 Å². The van der Waals surface area contributed by atoms with Crippen molar-refractivity contribution in [2.24, 2.45) is 0 Å². The molecule has 0 bridgehead atoms. The van der Waals surface area contributed by atoms with E-state index in [2.05, 4.69) is 10.6 Å². The lowest BCUT2D eigenvalue weighted by Gasteiger charge is -2.28. The molecule has 0 saturated heterocycles. The number of amides is 1. The van der Waals surface area contributed by atoms with Crippen LogP contribution in [0.1, 0.15) is 56.3 Å². The molecule has 1 amide bonds. The van der Waals surface area contributed by atoms with E-state index in [1.54, 1.807) is 38.5 Å². The summed E-state index contributed by atoms with van der Waals surface area (Å²) in [6, 6.07) is 20.0.